The van der Waals surface area contributed by atoms with Crippen molar-refractivity contribution >= 4 is 6.08 Å². The monoisotopic (exact) mass is 251 g/mol. The van der Waals surface area contributed by atoms with E-state index in [2.05, 4.69) is 26.1 Å². The van der Waals surface area contributed by atoms with E-state index in [9.17, 15) is 4.39 Å². The molecule has 0 aromatic heterocycles. The highest BCUT2D eigenvalue weighted by Gasteiger charge is 2.05. The Labute approximate surface area is 109 Å². The first kappa shape index (κ1) is 14.7. The molecule has 1 aromatic carbocycles. The molecule has 0 radical (unpaired) electrons. The van der Waals surface area contributed by atoms with Crippen molar-refractivity contribution in [1.29, 1.82) is 0 Å². The molecule has 3 heteroatoms. The van der Waals surface area contributed by atoms with Gasteiger partial charge in [-0.1, -0.05) is 38.5 Å². The van der Waals surface area contributed by atoms with Gasteiger partial charge in [0.05, 0.1) is 7.11 Å². The summed E-state index contributed by atoms with van der Waals surface area (Å²) >= 11 is 0. The second kappa shape index (κ2) is 7.17. The minimum atomic E-state index is -0.321. The Morgan fingerprint density at radius 1 is 1.44 bits per heavy atom. The highest BCUT2D eigenvalue weighted by Crippen LogP contribution is 2.20. The van der Waals surface area contributed by atoms with Crippen LogP contribution in [0, 0.1) is 11.7 Å². The largest absolute Gasteiger partial charge is 0.494 e. The minimum absolute atomic E-state index is 0.282. The molecule has 0 aliphatic rings. The Hall–Kier alpha value is -1.35. The molecule has 0 unspecified atom stereocenters. The minimum Gasteiger partial charge on any atom is -0.494 e. The Balaban J connectivity index is 2.93. The zero-order valence-corrected chi connectivity index (χ0v) is 11.6. The van der Waals surface area contributed by atoms with Gasteiger partial charge in [-0.15, -0.1) is 0 Å². The Morgan fingerprint density at radius 3 is 2.67 bits per heavy atom. The van der Waals surface area contributed by atoms with Gasteiger partial charge >= 0.3 is 0 Å². The Morgan fingerprint density at radius 2 is 2.17 bits per heavy atom. The molecule has 0 aliphatic carbocycles. The van der Waals surface area contributed by atoms with Crippen LogP contribution in [0.25, 0.3) is 6.08 Å². The molecule has 2 nitrogen and oxygen atoms in total. The molecule has 18 heavy (non-hydrogen) atoms. The Kier molecular flexibility index (Phi) is 5.86. The van der Waals surface area contributed by atoms with Crippen molar-refractivity contribution in [3.63, 3.8) is 0 Å². The molecule has 1 rings (SSSR count). The number of rotatable bonds is 6. The maximum Gasteiger partial charge on any atom is 0.165 e. The van der Waals surface area contributed by atoms with Crippen LogP contribution in [0.1, 0.15) is 26.3 Å². The SMILES string of the molecule is CCNCC(=Cc1ccc(OC)c(F)c1)C(C)C. The van der Waals surface area contributed by atoms with Crippen LogP contribution in [0.3, 0.4) is 0 Å². The average molecular weight is 251 g/mol. The molecule has 0 heterocycles. The van der Waals surface area contributed by atoms with E-state index in [1.807, 2.05) is 12.1 Å². The molecule has 0 saturated carbocycles. The van der Waals surface area contributed by atoms with Crippen LogP contribution in [-0.2, 0) is 0 Å². The van der Waals surface area contributed by atoms with E-state index < -0.39 is 0 Å². The first-order valence-corrected chi connectivity index (χ1v) is 6.33. The Bertz CT molecular complexity index is 413. The van der Waals surface area contributed by atoms with Crippen molar-refractivity contribution in [2.45, 2.75) is 20.8 Å². The lowest BCUT2D eigenvalue weighted by molar-refractivity contribution is 0.386. The molecular weight excluding hydrogens is 229 g/mol. The third-order valence-electron chi connectivity index (χ3n) is 2.85. The third kappa shape index (κ3) is 4.15. The summed E-state index contributed by atoms with van der Waals surface area (Å²) in [5.74, 6) is 0.400. The van der Waals surface area contributed by atoms with Gasteiger partial charge in [-0.3, -0.25) is 0 Å². The van der Waals surface area contributed by atoms with Crippen LogP contribution in [0.5, 0.6) is 5.75 Å². The van der Waals surface area contributed by atoms with E-state index in [0.29, 0.717) is 5.92 Å². The van der Waals surface area contributed by atoms with Gasteiger partial charge in [-0.25, -0.2) is 4.39 Å². The number of hydrogen-bond acceptors (Lipinski definition) is 2. The van der Waals surface area contributed by atoms with E-state index in [4.69, 9.17) is 4.74 Å². The van der Waals surface area contributed by atoms with Gasteiger partial charge in [0, 0.05) is 6.54 Å². The van der Waals surface area contributed by atoms with Crippen LogP contribution in [-0.4, -0.2) is 20.2 Å². The molecule has 1 aromatic rings. The first-order chi connectivity index (χ1) is 8.58. The zero-order valence-electron chi connectivity index (χ0n) is 11.6. The summed E-state index contributed by atoms with van der Waals surface area (Å²) < 4.78 is 18.5. The van der Waals surface area contributed by atoms with E-state index in [-0.39, 0.29) is 11.6 Å². The van der Waals surface area contributed by atoms with Crippen LogP contribution in [0.15, 0.2) is 23.8 Å². The van der Waals surface area contributed by atoms with Crippen molar-refractivity contribution in [2.24, 2.45) is 5.92 Å². The lowest BCUT2D eigenvalue weighted by atomic mass is 10.00. The summed E-state index contributed by atoms with van der Waals surface area (Å²) in [6, 6.07) is 5.04. The van der Waals surface area contributed by atoms with Crippen LogP contribution < -0.4 is 10.1 Å². The zero-order chi connectivity index (χ0) is 13.5. The van der Waals surface area contributed by atoms with Crippen LogP contribution >= 0.6 is 0 Å². The highest BCUT2D eigenvalue weighted by atomic mass is 19.1. The summed E-state index contributed by atoms with van der Waals surface area (Å²) in [5.41, 5.74) is 2.14. The number of nitrogens with one attached hydrogen (secondary N) is 1. The number of hydrogen-bond donors (Lipinski definition) is 1. The van der Waals surface area contributed by atoms with E-state index >= 15 is 0 Å². The molecule has 0 bridgehead atoms. The maximum atomic E-state index is 13.6. The first-order valence-electron chi connectivity index (χ1n) is 6.33. The summed E-state index contributed by atoms with van der Waals surface area (Å²) in [6.07, 6.45) is 2.04. The summed E-state index contributed by atoms with van der Waals surface area (Å²) in [6.45, 7) is 8.12. The smallest absolute Gasteiger partial charge is 0.165 e. The fraction of sp³-hybridized carbons (Fsp3) is 0.467. The number of benzene rings is 1. The van der Waals surface area contributed by atoms with Crippen molar-refractivity contribution in [3.05, 3.63) is 35.2 Å². The normalized spacial score (nSPS) is 12.0. The molecule has 0 aliphatic heterocycles. The lowest BCUT2D eigenvalue weighted by Gasteiger charge is -2.12. The molecule has 0 spiro atoms. The molecule has 0 amide bonds. The average Bonchev–Trinajstić information content (AvgIpc) is 2.34. The van der Waals surface area contributed by atoms with Crippen molar-refractivity contribution < 1.29 is 9.13 Å². The number of halogens is 1. The van der Waals surface area contributed by atoms with Crippen LogP contribution in [0.2, 0.25) is 0 Å². The molecule has 0 atom stereocenters. The molecule has 1 N–H and O–H groups in total. The fourth-order valence-corrected chi connectivity index (χ4v) is 1.68. The van der Waals surface area contributed by atoms with Gasteiger partial charge in [0.2, 0.25) is 0 Å². The maximum absolute atomic E-state index is 13.6. The second-order valence-corrected chi connectivity index (χ2v) is 4.55. The predicted molar refractivity (Wildman–Crippen MR) is 74.3 cm³/mol. The van der Waals surface area contributed by atoms with Crippen molar-refractivity contribution in [1.82, 2.24) is 5.32 Å². The van der Waals surface area contributed by atoms with E-state index in [1.165, 1.54) is 18.7 Å². The summed E-state index contributed by atoms with van der Waals surface area (Å²) in [7, 11) is 1.47. The number of likely N-dealkylation sites (N-methyl/N-ethyl adjacent to an activating group) is 1. The van der Waals surface area contributed by atoms with Crippen molar-refractivity contribution in [3.8, 4) is 5.75 Å². The highest BCUT2D eigenvalue weighted by molar-refractivity contribution is 5.55. The van der Waals surface area contributed by atoms with Gasteiger partial charge in [-0.05, 0) is 30.2 Å². The predicted octanol–water partition coefficient (Wildman–Crippen LogP) is 3.48. The van der Waals surface area contributed by atoms with Gasteiger partial charge in [-0.2, -0.15) is 0 Å². The lowest BCUT2D eigenvalue weighted by Crippen LogP contribution is -2.18. The molecule has 0 saturated heterocycles. The molecule has 100 valence electrons. The number of methoxy groups -OCH3 is 1. The third-order valence-corrected chi connectivity index (χ3v) is 2.85. The van der Waals surface area contributed by atoms with Crippen LogP contribution in [0.4, 0.5) is 4.39 Å². The van der Waals surface area contributed by atoms with Gasteiger partial charge in [0.1, 0.15) is 0 Å². The summed E-state index contributed by atoms with van der Waals surface area (Å²) in [4.78, 5) is 0. The number of ether oxygens (including phenoxy) is 1. The fourth-order valence-electron chi connectivity index (χ4n) is 1.68. The van der Waals surface area contributed by atoms with E-state index in [0.717, 1.165) is 18.7 Å². The topological polar surface area (TPSA) is 21.3 Å². The van der Waals surface area contributed by atoms with Crippen molar-refractivity contribution in [2.75, 3.05) is 20.2 Å². The quantitative estimate of drug-likeness (QED) is 0.835. The van der Waals surface area contributed by atoms with Gasteiger partial charge < -0.3 is 10.1 Å². The summed E-state index contributed by atoms with van der Waals surface area (Å²) in [5, 5.41) is 3.30. The van der Waals surface area contributed by atoms with Gasteiger partial charge in [0.15, 0.2) is 11.6 Å². The van der Waals surface area contributed by atoms with Gasteiger partial charge in [0.25, 0.3) is 0 Å². The molecular formula is C15H22FNO. The molecule has 0 fully saturated rings. The standard InChI is InChI=1S/C15H22FNO/c1-5-17-10-13(11(2)3)8-12-6-7-15(18-4)14(16)9-12/h6-9,11,17H,5,10H2,1-4H3. The second-order valence-electron chi connectivity index (χ2n) is 4.55. The van der Waals surface area contributed by atoms with E-state index in [1.54, 1.807) is 6.07 Å².